The molecule has 43 heavy (non-hydrogen) atoms. The summed E-state index contributed by atoms with van der Waals surface area (Å²) in [7, 11) is 0. The number of piperidine rings is 1. The van der Waals surface area contributed by atoms with Gasteiger partial charge in [-0.2, -0.15) is 0 Å². The van der Waals surface area contributed by atoms with Gasteiger partial charge in [0.1, 0.15) is 5.82 Å². The topological polar surface area (TPSA) is 112 Å². The van der Waals surface area contributed by atoms with Gasteiger partial charge in [0.05, 0.1) is 22.7 Å². The number of likely N-dealkylation sites (tertiary alicyclic amines) is 1. The maximum Gasteiger partial charge on any atom is 0.257 e. The molecule has 9 nitrogen and oxygen atoms in total. The van der Waals surface area contributed by atoms with Crippen LogP contribution in [-0.4, -0.2) is 69.2 Å². The predicted octanol–water partition coefficient (Wildman–Crippen LogP) is 4.23. The maximum absolute atomic E-state index is 13.5. The number of rotatable bonds is 8. The first-order chi connectivity index (χ1) is 20.6. The number of imidazole rings is 1. The van der Waals surface area contributed by atoms with Crippen LogP contribution in [0.5, 0.6) is 0 Å². The number of hydrogen-bond donors (Lipinski definition) is 4. The Kier molecular flexibility index (Phi) is 8.53. The Morgan fingerprint density at radius 1 is 1.02 bits per heavy atom. The highest BCUT2D eigenvalue weighted by atomic mass is 19.1. The average molecular weight is 591 g/mol. The monoisotopic (exact) mass is 590 g/mol. The summed E-state index contributed by atoms with van der Waals surface area (Å²) >= 11 is 0. The Labute approximate surface area is 252 Å². The number of fused-ring (bicyclic) bond motifs is 1. The molecule has 0 radical (unpaired) electrons. The van der Waals surface area contributed by atoms with Crippen LogP contribution in [0.1, 0.15) is 74.3 Å². The van der Waals surface area contributed by atoms with E-state index in [1.54, 1.807) is 0 Å². The van der Waals surface area contributed by atoms with E-state index in [4.69, 9.17) is 4.98 Å². The number of carbonyl (C=O) groups excluding carboxylic acids is 2. The van der Waals surface area contributed by atoms with Crippen LogP contribution in [0.2, 0.25) is 0 Å². The lowest BCUT2D eigenvalue weighted by molar-refractivity contribution is -0.127. The third-order valence-electron chi connectivity index (χ3n) is 9.64. The van der Waals surface area contributed by atoms with Gasteiger partial charge < -0.3 is 20.3 Å². The molecular weight excluding hydrogens is 547 g/mol. The van der Waals surface area contributed by atoms with E-state index in [9.17, 15) is 19.1 Å². The summed E-state index contributed by atoms with van der Waals surface area (Å²) in [5, 5.41) is 19.8. The number of amides is 2. The highest BCUT2D eigenvalue weighted by molar-refractivity contribution is 6.04. The van der Waals surface area contributed by atoms with E-state index in [-0.39, 0.29) is 29.8 Å². The average Bonchev–Trinajstić information content (AvgIpc) is 3.32. The molecule has 3 aliphatic rings. The molecule has 4 N–H and O–H groups in total. The number of benzene rings is 2. The van der Waals surface area contributed by atoms with E-state index in [0.717, 1.165) is 82.3 Å². The van der Waals surface area contributed by atoms with Crippen LogP contribution in [0.15, 0.2) is 42.5 Å². The fourth-order valence-electron chi connectivity index (χ4n) is 6.83. The zero-order valence-electron chi connectivity index (χ0n) is 25.1. The Hall–Kier alpha value is -3.34. The molecule has 1 saturated carbocycles. The smallest absolute Gasteiger partial charge is 0.257 e. The SMILES string of the molecule is CC(C)(O)C1CCN(Cc2ccc3nc(NC(=O)c4ccc(F)cc4)n(C4CCC(C(=O)NC5CNC5)CC4)c3c2)CC1. The molecule has 1 aromatic heterocycles. The van der Waals surface area contributed by atoms with Gasteiger partial charge in [0.15, 0.2) is 0 Å². The molecule has 6 rings (SSSR count). The van der Waals surface area contributed by atoms with Gasteiger partial charge in [0.2, 0.25) is 11.9 Å². The Morgan fingerprint density at radius 2 is 1.72 bits per heavy atom. The molecule has 10 heteroatoms. The number of nitrogens with one attached hydrogen (secondary N) is 3. The van der Waals surface area contributed by atoms with Crippen LogP contribution in [0.3, 0.4) is 0 Å². The quantitative estimate of drug-likeness (QED) is 0.313. The number of aromatic nitrogens is 2. The second-order valence-electron chi connectivity index (χ2n) is 13.2. The van der Waals surface area contributed by atoms with Crippen LogP contribution in [0.25, 0.3) is 11.0 Å². The first-order valence-corrected chi connectivity index (χ1v) is 15.7. The van der Waals surface area contributed by atoms with E-state index in [1.807, 2.05) is 19.9 Å². The highest BCUT2D eigenvalue weighted by Crippen LogP contribution is 2.37. The molecular formula is C33H43FN6O3. The second kappa shape index (κ2) is 12.3. The summed E-state index contributed by atoms with van der Waals surface area (Å²) in [5.41, 5.74) is 2.65. The van der Waals surface area contributed by atoms with Crippen LogP contribution >= 0.6 is 0 Å². The number of nitrogens with zero attached hydrogens (tertiary/aromatic N) is 3. The van der Waals surface area contributed by atoms with Crippen molar-refractivity contribution < 1.29 is 19.1 Å². The Balaban J connectivity index is 1.22. The molecule has 3 fully saturated rings. The predicted molar refractivity (Wildman–Crippen MR) is 164 cm³/mol. The van der Waals surface area contributed by atoms with Gasteiger partial charge in [0, 0.05) is 37.2 Å². The molecule has 2 saturated heterocycles. The van der Waals surface area contributed by atoms with Gasteiger partial charge >= 0.3 is 0 Å². The van der Waals surface area contributed by atoms with E-state index in [2.05, 4.69) is 37.6 Å². The maximum atomic E-state index is 13.5. The summed E-state index contributed by atoms with van der Waals surface area (Å²) < 4.78 is 15.6. The van der Waals surface area contributed by atoms with E-state index < -0.39 is 11.4 Å². The van der Waals surface area contributed by atoms with E-state index in [1.165, 1.54) is 29.8 Å². The van der Waals surface area contributed by atoms with Crippen molar-refractivity contribution in [3.63, 3.8) is 0 Å². The van der Waals surface area contributed by atoms with Crippen molar-refractivity contribution in [3.8, 4) is 0 Å². The van der Waals surface area contributed by atoms with Crippen molar-refractivity contribution >= 4 is 28.8 Å². The van der Waals surface area contributed by atoms with Crippen LogP contribution < -0.4 is 16.0 Å². The summed E-state index contributed by atoms with van der Waals surface area (Å²) in [5.74, 6) is 0.180. The van der Waals surface area contributed by atoms with Gasteiger partial charge in [-0.1, -0.05) is 6.07 Å². The Bertz CT molecular complexity index is 1450. The molecule has 0 bridgehead atoms. The molecule has 230 valence electrons. The third-order valence-corrected chi connectivity index (χ3v) is 9.64. The lowest BCUT2D eigenvalue weighted by atomic mass is 9.83. The number of aliphatic hydroxyl groups is 1. The minimum absolute atomic E-state index is 0.00808. The van der Waals surface area contributed by atoms with Crippen LogP contribution in [0.4, 0.5) is 10.3 Å². The van der Waals surface area contributed by atoms with Crippen molar-refractivity contribution in [2.45, 2.75) is 76.6 Å². The van der Waals surface area contributed by atoms with Crippen molar-refractivity contribution in [2.75, 3.05) is 31.5 Å². The minimum Gasteiger partial charge on any atom is -0.390 e. The first-order valence-electron chi connectivity index (χ1n) is 15.7. The minimum atomic E-state index is -0.652. The van der Waals surface area contributed by atoms with Crippen molar-refractivity contribution in [1.29, 1.82) is 0 Å². The van der Waals surface area contributed by atoms with Crippen molar-refractivity contribution in [3.05, 3.63) is 59.4 Å². The fourth-order valence-corrected chi connectivity index (χ4v) is 6.83. The molecule has 0 atom stereocenters. The molecule has 3 aromatic rings. The van der Waals surface area contributed by atoms with Gasteiger partial charge in [-0.05, 0) is 113 Å². The van der Waals surface area contributed by atoms with Gasteiger partial charge in [-0.25, -0.2) is 9.37 Å². The zero-order valence-corrected chi connectivity index (χ0v) is 25.1. The van der Waals surface area contributed by atoms with E-state index in [0.29, 0.717) is 17.4 Å². The van der Waals surface area contributed by atoms with Crippen molar-refractivity contribution in [2.24, 2.45) is 11.8 Å². The molecule has 0 spiro atoms. The largest absolute Gasteiger partial charge is 0.390 e. The number of hydrogen-bond acceptors (Lipinski definition) is 6. The van der Waals surface area contributed by atoms with Gasteiger partial charge in [-0.3, -0.25) is 19.8 Å². The number of anilines is 1. The van der Waals surface area contributed by atoms with Crippen LogP contribution in [-0.2, 0) is 11.3 Å². The standard InChI is InChI=1S/C33H43FN6O3/c1-33(2,43)24-13-15-39(16-14-24)20-21-3-12-28-29(17-21)40(32(37-28)38-31(42)22-4-8-25(34)9-5-22)27-10-6-23(7-11-27)30(41)36-26-18-35-19-26/h3-5,8-9,12,17,23-24,26-27,35,43H,6-7,10-11,13-16,18-20H2,1-2H3,(H,36,41)(H,37,38,42). The number of carbonyl (C=O) groups is 2. The Morgan fingerprint density at radius 3 is 2.35 bits per heavy atom. The molecule has 2 aliphatic heterocycles. The van der Waals surface area contributed by atoms with Gasteiger partial charge in [0.25, 0.3) is 5.91 Å². The molecule has 1 aliphatic carbocycles. The highest BCUT2D eigenvalue weighted by Gasteiger charge is 2.33. The molecule has 3 heterocycles. The van der Waals surface area contributed by atoms with Crippen LogP contribution in [0, 0.1) is 17.7 Å². The number of halogens is 1. The second-order valence-corrected chi connectivity index (χ2v) is 13.2. The third kappa shape index (κ3) is 6.76. The molecule has 2 amide bonds. The zero-order chi connectivity index (χ0) is 30.1. The molecule has 2 aromatic carbocycles. The summed E-state index contributed by atoms with van der Waals surface area (Å²) in [6, 6.07) is 12.1. The lowest BCUT2D eigenvalue weighted by Gasteiger charge is -2.37. The first kappa shape index (κ1) is 29.7. The summed E-state index contributed by atoms with van der Waals surface area (Å²) in [4.78, 5) is 33.3. The summed E-state index contributed by atoms with van der Waals surface area (Å²) in [6.45, 7) is 8.15. The summed E-state index contributed by atoms with van der Waals surface area (Å²) in [6.07, 6.45) is 5.10. The fraction of sp³-hybridized carbons (Fsp3) is 0.545. The molecule has 0 unspecified atom stereocenters. The van der Waals surface area contributed by atoms with Gasteiger partial charge in [-0.15, -0.1) is 0 Å². The normalized spacial score (nSPS) is 22.3. The van der Waals surface area contributed by atoms with Crippen molar-refractivity contribution in [1.82, 2.24) is 25.1 Å². The lowest BCUT2D eigenvalue weighted by Crippen LogP contribution is -2.58. The van der Waals surface area contributed by atoms with E-state index >= 15 is 0 Å².